The predicted molar refractivity (Wildman–Crippen MR) is 176 cm³/mol. The van der Waals surface area contributed by atoms with Gasteiger partial charge in [0.1, 0.15) is 11.6 Å². The molecule has 1 aliphatic heterocycles. The maximum atomic E-state index is 14.4. The number of rotatable bonds is 14. The molecule has 1 heterocycles. The van der Waals surface area contributed by atoms with Crippen LogP contribution in [0, 0.1) is 5.82 Å². The molecule has 0 fully saturated rings. The van der Waals surface area contributed by atoms with E-state index >= 15 is 0 Å². The van der Waals surface area contributed by atoms with Crippen LogP contribution in [-0.4, -0.2) is 42.2 Å². The second-order valence-corrected chi connectivity index (χ2v) is 11.4. The minimum Gasteiger partial charge on any atom is -0.494 e. The number of ether oxygens (including phenoxy) is 2. The third-order valence-electron chi connectivity index (χ3n) is 7.45. The number of carbonyl (C=O) groups is 1. The fourth-order valence-electron chi connectivity index (χ4n) is 5.19. The lowest BCUT2D eigenvalue weighted by Gasteiger charge is -2.31. The molecule has 0 saturated carbocycles. The monoisotopic (exact) mass is 686 g/mol. The van der Waals surface area contributed by atoms with Crippen molar-refractivity contribution in [3.05, 3.63) is 140 Å². The first-order valence-corrected chi connectivity index (χ1v) is 15.5. The zero-order valence-electron chi connectivity index (χ0n) is 24.8. The van der Waals surface area contributed by atoms with Crippen LogP contribution in [-0.2, 0) is 22.4 Å². The lowest BCUT2D eigenvalue weighted by molar-refractivity contribution is -0.130. The lowest BCUT2D eigenvalue weighted by Crippen LogP contribution is -2.54. The van der Waals surface area contributed by atoms with E-state index in [1.54, 1.807) is 54.6 Å². The Morgan fingerprint density at radius 1 is 1.09 bits per heavy atom. The van der Waals surface area contributed by atoms with Crippen molar-refractivity contribution >= 4 is 33.4 Å². The third kappa shape index (κ3) is 7.72. The Morgan fingerprint density at radius 3 is 2.63 bits per heavy atom. The van der Waals surface area contributed by atoms with E-state index in [0.29, 0.717) is 54.1 Å². The Bertz CT molecular complexity index is 1750. The molecule has 236 valence electrons. The van der Waals surface area contributed by atoms with Gasteiger partial charge < -0.3 is 14.6 Å². The van der Waals surface area contributed by atoms with Crippen LogP contribution in [0.3, 0.4) is 0 Å². The molecule has 12 heteroatoms. The van der Waals surface area contributed by atoms with Crippen molar-refractivity contribution in [2.24, 2.45) is 10.1 Å². The average Bonchev–Trinajstić information content (AvgIpc) is 3.45. The highest BCUT2D eigenvalue weighted by atomic mass is 79.9. The Kier molecular flexibility index (Phi) is 11.0. The van der Waals surface area contributed by atoms with Gasteiger partial charge in [0.15, 0.2) is 11.6 Å². The molecule has 1 aliphatic rings. The van der Waals surface area contributed by atoms with Gasteiger partial charge in [0.2, 0.25) is 5.90 Å². The van der Waals surface area contributed by atoms with Gasteiger partial charge in [-0.25, -0.2) is 14.8 Å². The number of nitrogens with one attached hydrogen (secondary N) is 2. The molecule has 46 heavy (non-hydrogen) atoms. The summed E-state index contributed by atoms with van der Waals surface area (Å²) in [5.41, 5.74) is 16.6. The molecule has 0 bridgehead atoms. The average molecular weight is 688 g/mol. The fourth-order valence-corrected chi connectivity index (χ4v) is 5.69. The maximum Gasteiger partial charge on any atom is 0.266 e. The highest BCUT2D eigenvalue weighted by Gasteiger charge is 2.54. The van der Waals surface area contributed by atoms with E-state index in [4.69, 9.17) is 19.6 Å². The highest BCUT2D eigenvalue weighted by molar-refractivity contribution is 9.10. The van der Waals surface area contributed by atoms with E-state index in [1.165, 1.54) is 12.1 Å². The molecule has 1 amide bonds. The Morgan fingerprint density at radius 2 is 1.87 bits per heavy atom. The summed E-state index contributed by atoms with van der Waals surface area (Å²) in [6, 6.07) is 27.9. The molecule has 2 atom stereocenters. The number of amides is 1. The first-order chi connectivity index (χ1) is 22.4. The summed E-state index contributed by atoms with van der Waals surface area (Å²) in [6.45, 7) is 0.735. The molecule has 0 aromatic heterocycles. The van der Waals surface area contributed by atoms with E-state index < -0.39 is 17.6 Å². The number of aliphatic hydroxyl groups is 1. The lowest BCUT2D eigenvalue weighted by atomic mass is 9.81. The van der Waals surface area contributed by atoms with Gasteiger partial charge in [0.05, 0.1) is 6.61 Å². The largest absolute Gasteiger partial charge is 0.494 e. The van der Waals surface area contributed by atoms with Gasteiger partial charge in [-0.15, -0.1) is 0 Å². The topological polar surface area (TPSA) is 141 Å². The van der Waals surface area contributed by atoms with Crippen molar-refractivity contribution in [3.63, 3.8) is 0 Å². The molecule has 10 nitrogen and oxygen atoms in total. The van der Waals surface area contributed by atoms with Crippen LogP contribution >= 0.6 is 15.9 Å². The summed E-state index contributed by atoms with van der Waals surface area (Å²) in [5, 5.41) is 12.9. The Hall–Kier alpha value is -4.74. The number of azide groups is 1. The SMILES string of the molecule is [N-]=[N+]=Nc1ccccc1C[C@]1(C(=O)NNCCc2cccc(F)c2)N=C(c2ccc(OCCCO)cc2)O[C@H]1c1ccccc1Br. The minimum atomic E-state index is -1.55. The van der Waals surface area contributed by atoms with Gasteiger partial charge in [-0.3, -0.25) is 10.2 Å². The minimum absolute atomic E-state index is 0.0335. The number of benzene rings is 4. The van der Waals surface area contributed by atoms with E-state index in [1.807, 2.05) is 30.3 Å². The van der Waals surface area contributed by atoms with Crippen molar-refractivity contribution in [1.82, 2.24) is 10.9 Å². The van der Waals surface area contributed by atoms with Crippen LogP contribution in [0.2, 0.25) is 0 Å². The fraction of sp³-hybridized carbons (Fsp3) is 0.235. The van der Waals surface area contributed by atoms with Crippen LogP contribution in [0.1, 0.15) is 34.8 Å². The van der Waals surface area contributed by atoms with E-state index in [0.717, 1.165) is 10.0 Å². The second-order valence-electron chi connectivity index (χ2n) is 10.6. The van der Waals surface area contributed by atoms with Gasteiger partial charge in [-0.05, 0) is 65.5 Å². The number of hydrazine groups is 1. The van der Waals surface area contributed by atoms with Crippen molar-refractivity contribution < 1.29 is 23.8 Å². The number of hydrogen-bond donors (Lipinski definition) is 3. The molecule has 0 unspecified atom stereocenters. The third-order valence-corrected chi connectivity index (χ3v) is 8.17. The standard InChI is InChI=1S/C34H32BrFN6O4/c35-29-11-3-2-10-28(29)31-34(22-25-8-1-4-12-30(25)40-42-37,33(44)41-38-18-17-23-7-5-9-26(36)21-23)39-32(46-31)24-13-15-27(16-14-24)45-20-6-19-43/h1-5,7-16,21,31,38,43H,6,17-20,22H2,(H,41,44)/t31-,34-/m0/s1. The van der Waals surface area contributed by atoms with Gasteiger partial charge in [-0.1, -0.05) is 75.6 Å². The first kappa shape index (κ1) is 32.6. The number of hydrogen-bond acceptors (Lipinski definition) is 7. The first-order valence-electron chi connectivity index (χ1n) is 14.7. The zero-order chi connectivity index (χ0) is 32.4. The van der Waals surface area contributed by atoms with Crippen molar-refractivity contribution in [2.45, 2.75) is 30.9 Å². The van der Waals surface area contributed by atoms with Crippen LogP contribution in [0.15, 0.2) is 112 Å². The number of aliphatic hydroxyl groups excluding tert-OH is 1. The summed E-state index contributed by atoms with van der Waals surface area (Å²) >= 11 is 3.63. The summed E-state index contributed by atoms with van der Waals surface area (Å²) in [4.78, 5) is 22.4. The maximum absolute atomic E-state index is 14.4. The molecule has 4 aromatic carbocycles. The number of aliphatic imine (C=N–C) groups is 1. The zero-order valence-corrected chi connectivity index (χ0v) is 26.4. The Labute approximate surface area is 274 Å². The molecule has 0 aliphatic carbocycles. The predicted octanol–water partition coefficient (Wildman–Crippen LogP) is 6.65. The number of halogens is 2. The van der Waals surface area contributed by atoms with Crippen LogP contribution < -0.4 is 15.6 Å². The summed E-state index contributed by atoms with van der Waals surface area (Å²) < 4.78 is 26.7. The Balaban J connectivity index is 1.53. The van der Waals surface area contributed by atoms with E-state index in [-0.39, 0.29) is 24.7 Å². The van der Waals surface area contributed by atoms with Gasteiger partial charge in [0, 0.05) is 52.2 Å². The number of carbonyl (C=O) groups excluding carboxylic acids is 1. The van der Waals surface area contributed by atoms with Crippen molar-refractivity contribution in [3.8, 4) is 5.75 Å². The second kappa shape index (κ2) is 15.5. The van der Waals surface area contributed by atoms with Crippen molar-refractivity contribution in [1.29, 1.82) is 0 Å². The molecule has 0 saturated heterocycles. The van der Waals surface area contributed by atoms with E-state index in [2.05, 4.69) is 36.8 Å². The highest BCUT2D eigenvalue weighted by Crippen LogP contribution is 2.45. The molecule has 0 spiro atoms. The van der Waals surface area contributed by atoms with Crippen LogP contribution in [0.25, 0.3) is 10.4 Å². The molecule has 4 aromatic rings. The summed E-state index contributed by atoms with van der Waals surface area (Å²) in [5.74, 6) is 0.0687. The van der Waals surface area contributed by atoms with Crippen LogP contribution in [0.5, 0.6) is 5.75 Å². The van der Waals surface area contributed by atoms with Crippen LogP contribution in [0.4, 0.5) is 10.1 Å². The van der Waals surface area contributed by atoms with Gasteiger partial charge in [-0.2, -0.15) is 0 Å². The normalized spacial score (nSPS) is 17.0. The van der Waals surface area contributed by atoms with Gasteiger partial charge >= 0.3 is 0 Å². The molecule has 3 N–H and O–H groups in total. The molecular weight excluding hydrogens is 655 g/mol. The molecule has 0 radical (unpaired) electrons. The molecule has 5 rings (SSSR count). The van der Waals surface area contributed by atoms with Gasteiger partial charge in [0.25, 0.3) is 5.91 Å². The van der Waals surface area contributed by atoms with Crippen molar-refractivity contribution in [2.75, 3.05) is 19.8 Å². The van der Waals surface area contributed by atoms with E-state index in [9.17, 15) is 14.7 Å². The quantitative estimate of drug-likeness (QED) is 0.0448. The summed E-state index contributed by atoms with van der Waals surface area (Å²) in [6.07, 6.45) is 0.132. The smallest absolute Gasteiger partial charge is 0.266 e. The molecular formula is C34H32BrFN6O4. The number of nitrogens with zero attached hydrogens (tertiary/aromatic N) is 4. The summed E-state index contributed by atoms with van der Waals surface area (Å²) in [7, 11) is 0.